The number of halogens is 1. The van der Waals surface area contributed by atoms with Crippen LogP contribution in [0.25, 0.3) is 11.1 Å². The van der Waals surface area contributed by atoms with Gasteiger partial charge in [0.15, 0.2) is 11.6 Å². The molecule has 0 saturated heterocycles. The third kappa shape index (κ3) is 5.65. The Balaban J connectivity index is 1.40. The van der Waals surface area contributed by atoms with Crippen molar-refractivity contribution in [1.29, 1.82) is 0 Å². The summed E-state index contributed by atoms with van der Waals surface area (Å²) in [6.45, 7) is 0. The van der Waals surface area contributed by atoms with E-state index in [1.54, 1.807) is 6.07 Å². The van der Waals surface area contributed by atoms with Gasteiger partial charge in [0, 0.05) is 16.8 Å². The molecule has 2 aromatic rings. The summed E-state index contributed by atoms with van der Waals surface area (Å²) in [5.41, 5.74) is 15.8. The number of nitrogens with two attached hydrogens (primary N) is 2. The van der Waals surface area contributed by atoms with E-state index in [4.69, 9.17) is 11.5 Å². The molecule has 8 N–H and O–H groups in total. The molecule has 0 bridgehead atoms. The highest BCUT2D eigenvalue weighted by Gasteiger charge is 2.55. The van der Waals surface area contributed by atoms with Crippen molar-refractivity contribution >= 4 is 34.0 Å². The van der Waals surface area contributed by atoms with Crippen LogP contribution < -0.4 is 11.5 Å². The molecule has 0 atom stereocenters. The summed E-state index contributed by atoms with van der Waals surface area (Å²) < 4.78 is 0.667. The Hall–Kier alpha value is -1.39. The van der Waals surface area contributed by atoms with Crippen molar-refractivity contribution in [3.63, 3.8) is 0 Å². The number of anilines is 2. The summed E-state index contributed by atoms with van der Waals surface area (Å²) in [4.78, 5) is 0. The van der Waals surface area contributed by atoms with Crippen LogP contribution in [-0.2, 0) is 6.42 Å². The van der Waals surface area contributed by atoms with Crippen molar-refractivity contribution in [3.8, 4) is 11.1 Å². The lowest BCUT2D eigenvalue weighted by molar-refractivity contribution is -0.339. The van der Waals surface area contributed by atoms with Crippen LogP contribution in [0.4, 0.5) is 11.4 Å². The number of nitrogen functional groups attached to an aromatic ring is 2. The Bertz CT molecular complexity index is 937. The SMILES string of the molecule is Nc1ccc(-c2ccc(CCC3C(O)(O)CC(C4CCC(I)CC4)CC3(O)O)cc2)cc1N. The molecule has 0 aliphatic heterocycles. The van der Waals surface area contributed by atoms with Gasteiger partial charge in [0.1, 0.15) is 0 Å². The number of hydrogen-bond acceptors (Lipinski definition) is 6. The van der Waals surface area contributed by atoms with Gasteiger partial charge in [-0.15, -0.1) is 0 Å². The number of benzene rings is 2. The third-order valence-electron chi connectivity index (χ3n) is 7.71. The van der Waals surface area contributed by atoms with E-state index in [-0.39, 0.29) is 25.2 Å². The van der Waals surface area contributed by atoms with E-state index in [9.17, 15) is 20.4 Å². The Labute approximate surface area is 209 Å². The van der Waals surface area contributed by atoms with Gasteiger partial charge in [-0.05, 0) is 79.2 Å². The molecule has 0 unspecified atom stereocenters. The van der Waals surface area contributed by atoms with Crippen LogP contribution in [0.5, 0.6) is 0 Å². The predicted molar refractivity (Wildman–Crippen MR) is 139 cm³/mol. The second-order valence-electron chi connectivity index (χ2n) is 10.1. The molecule has 0 aromatic heterocycles. The van der Waals surface area contributed by atoms with Crippen LogP contribution in [-0.4, -0.2) is 35.9 Å². The molecule has 0 amide bonds. The molecule has 2 aliphatic carbocycles. The smallest absolute Gasteiger partial charge is 0.170 e. The van der Waals surface area contributed by atoms with E-state index in [1.807, 2.05) is 36.4 Å². The van der Waals surface area contributed by atoms with E-state index in [2.05, 4.69) is 22.6 Å². The number of hydrogen-bond donors (Lipinski definition) is 6. The molecule has 180 valence electrons. The fraction of sp³-hybridized carbons (Fsp3) is 0.538. The fourth-order valence-electron chi connectivity index (χ4n) is 5.77. The third-order valence-corrected chi connectivity index (χ3v) is 8.95. The van der Waals surface area contributed by atoms with Crippen molar-refractivity contribution in [3.05, 3.63) is 48.0 Å². The van der Waals surface area contributed by atoms with Crippen LogP contribution in [0.1, 0.15) is 50.5 Å². The van der Waals surface area contributed by atoms with Gasteiger partial charge < -0.3 is 31.9 Å². The van der Waals surface area contributed by atoms with E-state index < -0.39 is 17.5 Å². The van der Waals surface area contributed by atoms with Crippen molar-refractivity contribution in [1.82, 2.24) is 0 Å². The number of aliphatic hydroxyl groups is 4. The van der Waals surface area contributed by atoms with E-state index in [0.717, 1.165) is 42.4 Å². The van der Waals surface area contributed by atoms with Gasteiger partial charge in [0.25, 0.3) is 0 Å². The van der Waals surface area contributed by atoms with Gasteiger partial charge in [-0.2, -0.15) is 0 Å². The minimum Gasteiger partial charge on any atom is -0.397 e. The monoisotopic (exact) mass is 566 g/mol. The molecule has 0 spiro atoms. The highest BCUT2D eigenvalue weighted by Crippen LogP contribution is 2.48. The number of aryl methyl sites for hydroxylation is 1. The van der Waals surface area contributed by atoms with Crippen molar-refractivity contribution < 1.29 is 20.4 Å². The first-order valence-electron chi connectivity index (χ1n) is 11.8. The maximum absolute atomic E-state index is 10.9. The Morgan fingerprint density at radius 3 is 1.91 bits per heavy atom. The highest BCUT2D eigenvalue weighted by atomic mass is 127. The second kappa shape index (κ2) is 9.70. The second-order valence-corrected chi connectivity index (χ2v) is 11.8. The lowest BCUT2D eigenvalue weighted by Crippen LogP contribution is -2.59. The minimum atomic E-state index is -2.09. The standard InChI is InChI=1S/C26H35IN2O4/c27-21-9-6-18(7-10-21)20-14-25(30,31)24(26(32,33)15-20)12-3-16-1-4-17(5-2-16)19-8-11-22(28)23(29)13-19/h1-2,4-5,8,11,13,18,20-21,24,30-33H,3,6-7,9-10,12,14-15,28-29H2. The minimum absolute atomic E-state index is 0.0817. The van der Waals surface area contributed by atoms with Gasteiger partial charge >= 0.3 is 0 Å². The first-order valence-corrected chi connectivity index (χ1v) is 13.1. The summed E-state index contributed by atoms with van der Waals surface area (Å²) in [6, 6.07) is 13.5. The van der Waals surface area contributed by atoms with Gasteiger partial charge in [0.05, 0.1) is 17.3 Å². The fourth-order valence-corrected chi connectivity index (χ4v) is 6.49. The molecule has 2 aliphatic rings. The summed E-state index contributed by atoms with van der Waals surface area (Å²) in [5.74, 6) is -4.95. The van der Waals surface area contributed by atoms with Crippen molar-refractivity contribution in [2.45, 2.75) is 66.9 Å². The summed E-state index contributed by atoms with van der Waals surface area (Å²) in [6.07, 6.45) is 5.45. The predicted octanol–water partition coefficient (Wildman–Crippen LogP) is 3.83. The van der Waals surface area contributed by atoms with Gasteiger partial charge in [-0.25, -0.2) is 0 Å². The number of alkyl halides is 1. The van der Waals surface area contributed by atoms with Crippen molar-refractivity contribution in [2.24, 2.45) is 17.8 Å². The molecule has 6 nitrogen and oxygen atoms in total. The molecule has 2 aromatic carbocycles. The first-order chi connectivity index (χ1) is 15.5. The molecule has 2 saturated carbocycles. The number of rotatable bonds is 5. The molecule has 2 fully saturated rings. The summed E-state index contributed by atoms with van der Waals surface area (Å²) >= 11 is 2.47. The maximum Gasteiger partial charge on any atom is 0.170 e. The lowest BCUT2D eigenvalue weighted by atomic mass is 9.65. The van der Waals surface area contributed by atoms with Gasteiger partial charge in [-0.1, -0.05) is 52.9 Å². The molecule has 33 heavy (non-hydrogen) atoms. The summed E-state index contributed by atoms with van der Waals surface area (Å²) in [5, 5.41) is 43.4. The normalized spacial score (nSPS) is 29.0. The van der Waals surface area contributed by atoms with Crippen LogP contribution in [0.2, 0.25) is 0 Å². The topological polar surface area (TPSA) is 133 Å². The van der Waals surface area contributed by atoms with Gasteiger partial charge in [0.2, 0.25) is 0 Å². The van der Waals surface area contributed by atoms with Crippen LogP contribution in [0.3, 0.4) is 0 Å². The largest absolute Gasteiger partial charge is 0.397 e. The molecule has 0 radical (unpaired) electrons. The molecule has 7 heteroatoms. The Morgan fingerprint density at radius 1 is 0.758 bits per heavy atom. The quantitative estimate of drug-likeness (QED) is 0.141. The van der Waals surface area contributed by atoms with Crippen molar-refractivity contribution in [2.75, 3.05) is 11.5 Å². The van der Waals surface area contributed by atoms with Crippen LogP contribution in [0, 0.1) is 17.8 Å². The molecular formula is C26H35IN2O4. The van der Waals surface area contributed by atoms with Crippen LogP contribution in [0.15, 0.2) is 42.5 Å². The highest BCUT2D eigenvalue weighted by molar-refractivity contribution is 14.1. The summed E-state index contributed by atoms with van der Waals surface area (Å²) in [7, 11) is 0. The molecule has 0 heterocycles. The van der Waals surface area contributed by atoms with E-state index >= 15 is 0 Å². The zero-order chi connectivity index (χ0) is 23.8. The zero-order valence-electron chi connectivity index (χ0n) is 18.8. The average molecular weight is 566 g/mol. The maximum atomic E-state index is 10.9. The Kier molecular flexibility index (Phi) is 7.27. The van der Waals surface area contributed by atoms with Crippen LogP contribution >= 0.6 is 22.6 Å². The first kappa shape index (κ1) is 24.7. The van der Waals surface area contributed by atoms with E-state index in [1.165, 1.54) is 0 Å². The van der Waals surface area contributed by atoms with Gasteiger partial charge in [-0.3, -0.25) is 0 Å². The molecule has 4 rings (SSSR count). The van der Waals surface area contributed by atoms with E-state index in [0.29, 0.717) is 27.6 Å². The zero-order valence-corrected chi connectivity index (χ0v) is 21.0. The molecular weight excluding hydrogens is 531 g/mol. The lowest BCUT2D eigenvalue weighted by Gasteiger charge is -2.49. The Morgan fingerprint density at radius 2 is 1.33 bits per heavy atom. The average Bonchev–Trinajstić information content (AvgIpc) is 2.75.